The second-order valence-electron chi connectivity index (χ2n) is 7.69. The third-order valence-electron chi connectivity index (χ3n) is 5.76. The number of nitrogens with zero attached hydrogens (tertiary/aromatic N) is 3. The first-order valence-corrected chi connectivity index (χ1v) is 10.1. The Morgan fingerprint density at radius 2 is 1.82 bits per heavy atom. The molecule has 2 aliphatic rings. The van der Waals surface area contributed by atoms with Crippen LogP contribution < -0.4 is 0 Å². The maximum Gasteiger partial charge on any atom is 0.248 e. The average molecular weight is 386 g/mol. The number of piperazine rings is 1. The third-order valence-corrected chi connectivity index (χ3v) is 5.76. The zero-order chi connectivity index (χ0) is 19.9. The van der Waals surface area contributed by atoms with Crippen LogP contribution in [0.25, 0.3) is 0 Å². The second kappa shape index (κ2) is 9.85. The molecule has 0 aromatic heterocycles. The molecule has 0 bridgehead atoms. The Labute approximate surface area is 167 Å². The molecule has 0 N–H and O–H groups in total. The predicted octanol–water partition coefficient (Wildman–Crippen LogP) is 1.60. The predicted molar refractivity (Wildman–Crippen MR) is 109 cm³/mol. The standard InChI is InChI=1S/C22H31N3O3/c1-3-9-23-10-12-24(13-11-23)22(27)20-14-19(18-7-5-4-6-8-18)15-25(16-20)21(26)17-28-2/h3-8,19-20H,1,9-17H2,2H3. The normalized spacial score (nSPS) is 23.5. The van der Waals surface area contributed by atoms with Crippen molar-refractivity contribution in [2.75, 3.05) is 59.5 Å². The van der Waals surface area contributed by atoms with Crippen molar-refractivity contribution in [2.45, 2.75) is 12.3 Å². The lowest BCUT2D eigenvalue weighted by Crippen LogP contribution is -2.54. The van der Waals surface area contributed by atoms with Gasteiger partial charge in [0.05, 0.1) is 5.92 Å². The number of piperidine rings is 1. The molecule has 6 heteroatoms. The first kappa shape index (κ1) is 20.6. The largest absolute Gasteiger partial charge is 0.375 e. The van der Waals surface area contributed by atoms with Crippen LogP contribution in [0.15, 0.2) is 43.0 Å². The minimum atomic E-state index is -0.161. The summed E-state index contributed by atoms with van der Waals surface area (Å²) < 4.78 is 5.04. The zero-order valence-electron chi connectivity index (χ0n) is 16.8. The number of ether oxygens (including phenoxy) is 1. The van der Waals surface area contributed by atoms with Crippen LogP contribution in [0.4, 0.5) is 0 Å². The van der Waals surface area contributed by atoms with E-state index >= 15 is 0 Å². The minimum Gasteiger partial charge on any atom is -0.375 e. The first-order chi connectivity index (χ1) is 13.6. The van der Waals surface area contributed by atoms with Crippen LogP contribution in [0.5, 0.6) is 0 Å². The number of hydrogen-bond acceptors (Lipinski definition) is 4. The van der Waals surface area contributed by atoms with E-state index in [4.69, 9.17) is 4.74 Å². The summed E-state index contributed by atoms with van der Waals surface area (Å²) in [6.45, 7) is 9.07. The minimum absolute atomic E-state index is 0.0447. The van der Waals surface area contributed by atoms with E-state index in [1.54, 1.807) is 4.90 Å². The van der Waals surface area contributed by atoms with Gasteiger partial charge in [-0.1, -0.05) is 36.4 Å². The van der Waals surface area contributed by atoms with E-state index in [1.165, 1.54) is 12.7 Å². The Kier molecular flexibility index (Phi) is 7.23. The number of hydrogen-bond donors (Lipinski definition) is 0. The van der Waals surface area contributed by atoms with Gasteiger partial charge in [0.15, 0.2) is 0 Å². The molecule has 0 aliphatic carbocycles. The van der Waals surface area contributed by atoms with Crippen LogP contribution in [0.3, 0.4) is 0 Å². The molecule has 2 fully saturated rings. The van der Waals surface area contributed by atoms with Crippen molar-refractivity contribution >= 4 is 11.8 Å². The molecule has 0 radical (unpaired) electrons. The van der Waals surface area contributed by atoms with Crippen LogP contribution in [0.2, 0.25) is 0 Å². The summed E-state index contributed by atoms with van der Waals surface area (Å²) in [5, 5.41) is 0. The molecule has 2 aliphatic heterocycles. The lowest BCUT2D eigenvalue weighted by atomic mass is 9.83. The Morgan fingerprint density at radius 1 is 1.11 bits per heavy atom. The highest BCUT2D eigenvalue weighted by Crippen LogP contribution is 2.31. The van der Waals surface area contributed by atoms with Crippen LogP contribution >= 0.6 is 0 Å². The first-order valence-electron chi connectivity index (χ1n) is 10.1. The van der Waals surface area contributed by atoms with Crippen molar-refractivity contribution in [3.05, 3.63) is 48.6 Å². The quantitative estimate of drug-likeness (QED) is 0.698. The Balaban J connectivity index is 1.70. The van der Waals surface area contributed by atoms with Gasteiger partial charge >= 0.3 is 0 Å². The van der Waals surface area contributed by atoms with E-state index in [-0.39, 0.29) is 30.3 Å². The third kappa shape index (κ3) is 5.00. The summed E-state index contributed by atoms with van der Waals surface area (Å²) in [6.07, 6.45) is 2.69. The average Bonchev–Trinajstić information content (AvgIpc) is 2.74. The van der Waals surface area contributed by atoms with E-state index in [0.717, 1.165) is 39.1 Å². The molecule has 2 atom stereocenters. The van der Waals surface area contributed by atoms with Crippen molar-refractivity contribution in [1.82, 2.24) is 14.7 Å². The van der Waals surface area contributed by atoms with Gasteiger partial charge in [-0.15, -0.1) is 6.58 Å². The molecule has 2 unspecified atom stereocenters. The lowest BCUT2D eigenvalue weighted by Gasteiger charge is -2.41. The maximum atomic E-state index is 13.2. The fourth-order valence-electron chi connectivity index (χ4n) is 4.25. The number of methoxy groups -OCH3 is 1. The number of amides is 2. The molecule has 1 aromatic carbocycles. The molecule has 28 heavy (non-hydrogen) atoms. The van der Waals surface area contributed by atoms with Gasteiger partial charge in [-0.05, 0) is 12.0 Å². The van der Waals surface area contributed by atoms with Gasteiger partial charge in [0.25, 0.3) is 0 Å². The van der Waals surface area contributed by atoms with Gasteiger partial charge in [0.2, 0.25) is 11.8 Å². The van der Waals surface area contributed by atoms with Gasteiger partial charge in [-0.3, -0.25) is 14.5 Å². The fourth-order valence-corrected chi connectivity index (χ4v) is 4.25. The van der Waals surface area contributed by atoms with E-state index in [1.807, 2.05) is 29.2 Å². The fraction of sp³-hybridized carbons (Fsp3) is 0.545. The molecule has 2 amide bonds. The van der Waals surface area contributed by atoms with Gasteiger partial charge in [-0.2, -0.15) is 0 Å². The van der Waals surface area contributed by atoms with E-state index in [0.29, 0.717) is 13.1 Å². The maximum absolute atomic E-state index is 13.2. The topological polar surface area (TPSA) is 53.1 Å². The summed E-state index contributed by atoms with van der Waals surface area (Å²) >= 11 is 0. The highest BCUT2D eigenvalue weighted by Gasteiger charge is 2.36. The molecule has 3 rings (SSSR count). The molecule has 2 saturated heterocycles. The number of carbonyl (C=O) groups excluding carboxylic acids is 2. The molecule has 1 aromatic rings. The Morgan fingerprint density at radius 3 is 2.46 bits per heavy atom. The number of carbonyl (C=O) groups is 2. The second-order valence-corrected chi connectivity index (χ2v) is 7.69. The van der Waals surface area contributed by atoms with E-state index in [9.17, 15) is 9.59 Å². The Bertz CT molecular complexity index is 671. The van der Waals surface area contributed by atoms with E-state index < -0.39 is 0 Å². The van der Waals surface area contributed by atoms with Crippen LogP contribution in [0.1, 0.15) is 17.9 Å². The molecule has 6 nitrogen and oxygen atoms in total. The molecular weight excluding hydrogens is 354 g/mol. The summed E-state index contributed by atoms with van der Waals surface area (Å²) in [5.74, 6) is 0.142. The SMILES string of the molecule is C=CCN1CCN(C(=O)C2CC(c3ccccc3)CN(C(=O)COC)C2)CC1. The monoisotopic (exact) mass is 385 g/mol. The molecule has 0 saturated carbocycles. The van der Waals surface area contributed by atoms with Crippen LogP contribution in [0, 0.1) is 5.92 Å². The highest BCUT2D eigenvalue weighted by molar-refractivity contribution is 5.82. The van der Waals surface area contributed by atoms with Crippen molar-refractivity contribution in [1.29, 1.82) is 0 Å². The molecule has 2 heterocycles. The molecular formula is C22H31N3O3. The zero-order valence-corrected chi connectivity index (χ0v) is 16.8. The lowest BCUT2D eigenvalue weighted by molar-refractivity contribution is -0.144. The summed E-state index contributed by atoms with van der Waals surface area (Å²) in [7, 11) is 1.53. The Hall–Kier alpha value is -2.18. The smallest absolute Gasteiger partial charge is 0.248 e. The van der Waals surface area contributed by atoms with Crippen LogP contribution in [-0.4, -0.2) is 86.0 Å². The van der Waals surface area contributed by atoms with Crippen LogP contribution in [-0.2, 0) is 14.3 Å². The number of benzene rings is 1. The summed E-state index contributed by atoms with van der Waals surface area (Å²) in [6, 6.07) is 10.2. The summed E-state index contributed by atoms with van der Waals surface area (Å²) in [5.41, 5.74) is 1.19. The highest BCUT2D eigenvalue weighted by atomic mass is 16.5. The van der Waals surface area contributed by atoms with Crippen molar-refractivity contribution in [3.63, 3.8) is 0 Å². The van der Waals surface area contributed by atoms with Gasteiger partial charge in [-0.25, -0.2) is 0 Å². The van der Waals surface area contributed by atoms with Gasteiger partial charge in [0.1, 0.15) is 6.61 Å². The number of rotatable bonds is 6. The van der Waals surface area contributed by atoms with Gasteiger partial charge < -0.3 is 14.5 Å². The molecule has 152 valence electrons. The number of likely N-dealkylation sites (tertiary alicyclic amines) is 1. The summed E-state index contributed by atoms with van der Waals surface area (Å²) in [4.78, 5) is 31.8. The van der Waals surface area contributed by atoms with Crippen molar-refractivity contribution in [3.8, 4) is 0 Å². The van der Waals surface area contributed by atoms with Gasteiger partial charge in [0, 0.05) is 58.8 Å². The van der Waals surface area contributed by atoms with Crippen molar-refractivity contribution in [2.24, 2.45) is 5.92 Å². The molecule has 0 spiro atoms. The van der Waals surface area contributed by atoms with E-state index in [2.05, 4.69) is 23.6 Å². The van der Waals surface area contributed by atoms with Crippen molar-refractivity contribution < 1.29 is 14.3 Å².